The van der Waals surface area contributed by atoms with Crippen LogP contribution in [0.25, 0.3) is 11.3 Å². The smallest absolute Gasteiger partial charge is 0.0456 e. The summed E-state index contributed by atoms with van der Waals surface area (Å²) in [5, 5.41) is 0. The molecule has 2 rings (SSSR count). The second kappa shape index (κ2) is 3.81. The minimum absolute atomic E-state index is 1.18. The van der Waals surface area contributed by atoms with Gasteiger partial charge in [0.2, 0.25) is 0 Å². The fourth-order valence-electron chi connectivity index (χ4n) is 1.61. The van der Waals surface area contributed by atoms with E-state index in [1.807, 2.05) is 14.1 Å². The van der Waals surface area contributed by atoms with E-state index < -0.39 is 0 Å². The van der Waals surface area contributed by atoms with Gasteiger partial charge in [-0.3, -0.25) is 0 Å². The third kappa shape index (κ3) is 2.04. The van der Waals surface area contributed by atoms with Gasteiger partial charge in [-0.05, 0) is 36.8 Å². The van der Waals surface area contributed by atoms with Gasteiger partial charge in [-0.1, -0.05) is 12.1 Å². The van der Waals surface area contributed by atoms with Gasteiger partial charge in [-0.25, -0.2) is 0 Å². The summed E-state index contributed by atoms with van der Waals surface area (Å²) < 4.78 is 0. The van der Waals surface area contributed by atoms with Gasteiger partial charge in [-0.15, -0.1) is 0 Å². The highest BCUT2D eigenvalue weighted by atomic mass is 15.1. The van der Waals surface area contributed by atoms with E-state index in [0.717, 1.165) is 0 Å². The fourth-order valence-corrected chi connectivity index (χ4v) is 1.61. The molecule has 0 amide bonds. The van der Waals surface area contributed by atoms with Gasteiger partial charge in [-0.2, -0.15) is 0 Å². The van der Waals surface area contributed by atoms with Crippen molar-refractivity contribution in [1.82, 2.24) is 4.98 Å². The fraction of sp³-hybridized carbons (Fsp3) is 0.231. The van der Waals surface area contributed by atoms with Crippen LogP contribution in [0.15, 0.2) is 36.4 Å². The second-order valence-electron chi connectivity index (χ2n) is 4.00. The Morgan fingerprint density at radius 3 is 2.07 bits per heavy atom. The molecule has 1 aromatic heterocycles. The molecule has 1 aromatic carbocycles. The van der Waals surface area contributed by atoms with Crippen LogP contribution in [-0.2, 0) is 0 Å². The summed E-state index contributed by atoms with van der Waals surface area (Å²) in [4.78, 5) is 5.43. The molecule has 0 bridgehead atoms. The van der Waals surface area contributed by atoms with E-state index in [-0.39, 0.29) is 0 Å². The van der Waals surface area contributed by atoms with Crippen molar-refractivity contribution in [3.63, 3.8) is 0 Å². The number of H-pyrrole nitrogens is 1. The Hall–Kier alpha value is -1.70. The summed E-state index contributed by atoms with van der Waals surface area (Å²) >= 11 is 0. The first-order chi connectivity index (χ1) is 7.16. The molecule has 78 valence electrons. The first-order valence-corrected chi connectivity index (χ1v) is 5.10. The lowest BCUT2D eigenvalue weighted by atomic mass is 10.1. The summed E-state index contributed by atoms with van der Waals surface area (Å²) in [6, 6.07) is 12.7. The van der Waals surface area contributed by atoms with Crippen molar-refractivity contribution >= 4 is 5.69 Å². The van der Waals surface area contributed by atoms with Gasteiger partial charge in [0, 0.05) is 31.2 Å². The van der Waals surface area contributed by atoms with Crippen LogP contribution >= 0.6 is 0 Å². The molecule has 0 aliphatic heterocycles. The van der Waals surface area contributed by atoms with Crippen LogP contribution in [-0.4, -0.2) is 19.1 Å². The first kappa shape index (κ1) is 9.84. The maximum Gasteiger partial charge on any atom is 0.0456 e. The van der Waals surface area contributed by atoms with Crippen molar-refractivity contribution in [2.45, 2.75) is 6.92 Å². The molecule has 0 radical (unpaired) electrons. The monoisotopic (exact) mass is 200 g/mol. The number of aromatic amines is 1. The van der Waals surface area contributed by atoms with Crippen molar-refractivity contribution in [1.29, 1.82) is 0 Å². The zero-order valence-corrected chi connectivity index (χ0v) is 9.41. The molecule has 1 heterocycles. The normalized spacial score (nSPS) is 10.3. The maximum atomic E-state index is 3.33. The summed E-state index contributed by atoms with van der Waals surface area (Å²) in [6.45, 7) is 2.07. The molecule has 2 aromatic rings. The lowest BCUT2D eigenvalue weighted by Gasteiger charge is -2.12. The van der Waals surface area contributed by atoms with Crippen molar-refractivity contribution < 1.29 is 0 Å². The SMILES string of the molecule is Cc1ccc(-c2ccc(N(C)C)cc2)[nH]1. The molecule has 0 unspecified atom stereocenters. The molecule has 0 atom stereocenters. The number of hydrogen-bond donors (Lipinski definition) is 1. The molecule has 0 fully saturated rings. The van der Waals surface area contributed by atoms with Crippen LogP contribution in [0.4, 0.5) is 5.69 Å². The number of aromatic nitrogens is 1. The van der Waals surface area contributed by atoms with Crippen LogP contribution in [0.3, 0.4) is 0 Å². The van der Waals surface area contributed by atoms with Crippen molar-refractivity contribution in [2.75, 3.05) is 19.0 Å². The topological polar surface area (TPSA) is 19.0 Å². The highest BCUT2D eigenvalue weighted by Crippen LogP contribution is 2.21. The van der Waals surface area contributed by atoms with E-state index in [0.29, 0.717) is 0 Å². The summed E-state index contributed by atoms with van der Waals surface area (Å²) in [7, 11) is 4.10. The van der Waals surface area contributed by atoms with Gasteiger partial charge in [0.25, 0.3) is 0 Å². The number of anilines is 1. The Morgan fingerprint density at radius 2 is 1.60 bits per heavy atom. The second-order valence-corrected chi connectivity index (χ2v) is 4.00. The maximum absolute atomic E-state index is 3.33. The lowest BCUT2D eigenvalue weighted by Crippen LogP contribution is -2.07. The molecular formula is C13H16N2. The van der Waals surface area contributed by atoms with E-state index in [1.165, 1.54) is 22.6 Å². The zero-order chi connectivity index (χ0) is 10.8. The molecule has 0 aliphatic carbocycles. The summed E-state index contributed by atoms with van der Waals surface area (Å²) in [5.41, 5.74) is 4.83. The molecule has 1 N–H and O–H groups in total. The average Bonchev–Trinajstić information content (AvgIpc) is 2.65. The average molecular weight is 200 g/mol. The molecule has 0 saturated carbocycles. The molecule has 0 spiro atoms. The molecule has 2 heteroatoms. The Labute approximate surface area is 90.6 Å². The third-order valence-corrected chi connectivity index (χ3v) is 2.53. The van der Waals surface area contributed by atoms with Gasteiger partial charge < -0.3 is 9.88 Å². The Kier molecular flexibility index (Phi) is 2.50. The van der Waals surface area contributed by atoms with E-state index in [2.05, 4.69) is 53.2 Å². The molecule has 0 saturated heterocycles. The van der Waals surface area contributed by atoms with Crippen LogP contribution in [0, 0.1) is 6.92 Å². The number of nitrogens with one attached hydrogen (secondary N) is 1. The first-order valence-electron chi connectivity index (χ1n) is 5.10. The third-order valence-electron chi connectivity index (χ3n) is 2.53. The highest BCUT2D eigenvalue weighted by Gasteiger charge is 2.00. The van der Waals surface area contributed by atoms with Crippen molar-refractivity contribution in [3.8, 4) is 11.3 Å². The minimum atomic E-state index is 1.18. The Bertz CT molecular complexity index is 438. The molecule has 0 aliphatic rings. The number of aryl methyl sites for hydroxylation is 1. The summed E-state index contributed by atoms with van der Waals surface area (Å²) in [6.07, 6.45) is 0. The van der Waals surface area contributed by atoms with Crippen LogP contribution < -0.4 is 4.90 Å². The number of benzene rings is 1. The van der Waals surface area contributed by atoms with E-state index >= 15 is 0 Å². The van der Waals surface area contributed by atoms with E-state index in [9.17, 15) is 0 Å². The quantitative estimate of drug-likeness (QED) is 0.789. The van der Waals surface area contributed by atoms with Crippen LogP contribution in [0.2, 0.25) is 0 Å². The van der Waals surface area contributed by atoms with Gasteiger partial charge in [0.15, 0.2) is 0 Å². The van der Waals surface area contributed by atoms with Crippen molar-refractivity contribution in [2.24, 2.45) is 0 Å². The van der Waals surface area contributed by atoms with Gasteiger partial charge in [0.05, 0.1) is 0 Å². The zero-order valence-electron chi connectivity index (χ0n) is 9.41. The lowest BCUT2D eigenvalue weighted by molar-refractivity contribution is 1.13. The number of hydrogen-bond acceptors (Lipinski definition) is 1. The number of rotatable bonds is 2. The van der Waals surface area contributed by atoms with Gasteiger partial charge in [0.1, 0.15) is 0 Å². The molecule has 15 heavy (non-hydrogen) atoms. The Morgan fingerprint density at radius 1 is 0.933 bits per heavy atom. The predicted octanol–water partition coefficient (Wildman–Crippen LogP) is 3.06. The molecule has 2 nitrogen and oxygen atoms in total. The largest absolute Gasteiger partial charge is 0.378 e. The standard InChI is InChI=1S/C13H16N2/c1-10-4-9-13(14-10)11-5-7-12(8-6-11)15(2)3/h4-9,14H,1-3H3. The molecular weight excluding hydrogens is 184 g/mol. The summed E-state index contributed by atoms with van der Waals surface area (Å²) in [5.74, 6) is 0. The van der Waals surface area contributed by atoms with Crippen LogP contribution in [0.1, 0.15) is 5.69 Å². The minimum Gasteiger partial charge on any atom is -0.378 e. The van der Waals surface area contributed by atoms with Crippen molar-refractivity contribution in [3.05, 3.63) is 42.1 Å². The van der Waals surface area contributed by atoms with E-state index in [4.69, 9.17) is 0 Å². The highest BCUT2D eigenvalue weighted by molar-refractivity contribution is 5.63. The van der Waals surface area contributed by atoms with Gasteiger partial charge >= 0.3 is 0 Å². The van der Waals surface area contributed by atoms with Crippen LogP contribution in [0.5, 0.6) is 0 Å². The number of nitrogens with zero attached hydrogens (tertiary/aromatic N) is 1. The Balaban J connectivity index is 2.31. The van der Waals surface area contributed by atoms with E-state index in [1.54, 1.807) is 0 Å². The predicted molar refractivity (Wildman–Crippen MR) is 65.3 cm³/mol.